The molecule has 0 atom stereocenters. The smallest absolute Gasteiger partial charge is 0.263 e. The van der Waals surface area contributed by atoms with Crippen LogP contribution in [-0.2, 0) is 4.74 Å². The average molecular weight is 448 g/mol. The van der Waals surface area contributed by atoms with E-state index in [-0.39, 0.29) is 5.56 Å². The zero-order valence-electron chi connectivity index (χ0n) is 17.1. The molecule has 164 valence electrons. The third-order valence-electron chi connectivity index (χ3n) is 5.05. The standard InChI is InChI=1S/C22H23F2N3O3S/c1-2-30-18-4-3-5-19-20(18)25-22(31-19)27(9-8-26-10-12-29-13-11-26)21(28)16-7-6-15(23)14-17(16)24/h3-7,14H,2,8-13H2,1H3. The number of morpholine rings is 1. The van der Waals surface area contributed by atoms with Crippen LogP contribution in [0, 0.1) is 11.6 Å². The number of hydrogen-bond acceptors (Lipinski definition) is 6. The highest BCUT2D eigenvalue weighted by Gasteiger charge is 2.25. The third kappa shape index (κ3) is 4.84. The number of para-hydroxylation sites is 1. The predicted molar refractivity (Wildman–Crippen MR) is 116 cm³/mol. The molecule has 1 aliphatic heterocycles. The molecular formula is C22H23F2N3O3S. The number of thiazole rings is 1. The van der Waals surface area contributed by atoms with Gasteiger partial charge in [0.05, 0.1) is 30.1 Å². The van der Waals surface area contributed by atoms with Gasteiger partial charge in [-0.2, -0.15) is 0 Å². The highest BCUT2D eigenvalue weighted by atomic mass is 32.1. The maximum Gasteiger partial charge on any atom is 0.263 e. The van der Waals surface area contributed by atoms with Crippen molar-refractivity contribution in [2.75, 3.05) is 50.9 Å². The molecule has 1 fully saturated rings. The maximum atomic E-state index is 14.4. The fourth-order valence-corrected chi connectivity index (χ4v) is 4.47. The summed E-state index contributed by atoms with van der Waals surface area (Å²) in [5, 5.41) is 0.448. The van der Waals surface area contributed by atoms with E-state index in [1.165, 1.54) is 22.3 Å². The van der Waals surface area contributed by atoms with Crippen molar-refractivity contribution in [3.8, 4) is 5.75 Å². The molecule has 0 saturated carbocycles. The Labute approximate surface area is 183 Å². The van der Waals surface area contributed by atoms with Crippen LogP contribution in [0.15, 0.2) is 36.4 Å². The Bertz CT molecular complexity index is 1070. The molecule has 0 unspecified atom stereocenters. The van der Waals surface area contributed by atoms with Crippen molar-refractivity contribution in [3.05, 3.63) is 53.6 Å². The monoisotopic (exact) mass is 447 g/mol. The van der Waals surface area contributed by atoms with Gasteiger partial charge in [0.1, 0.15) is 22.9 Å². The summed E-state index contributed by atoms with van der Waals surface area (Å²) in [5.41, 5.74) is 0.473. The van der Waals surface area contributed by atoms with E-state index in [0.717, 1.165) is 29.9 Å². The lowest BCUT2D eigenvalue weighted by Crippen LogP contribution is -2.43. The minimum Gasteiger partial charge on any atom is -0.492 e. The number of carbonyl (C=O) groups is 1. The van der Waals surface area contributed by atoms with E-state index in [1.54, 1.807) is 0 Å². The molecule has 1 amide bonds. The van der Waals surface area contributed by atoms with Crippen LogP contribution in [0.3, 0.4) is 0 Å². The maximum absolute atomic E-state index is 14.4. The second kappa shape index (κ2) is 9.67. The highest BCUT2D eigenvalue weighted by molar-refractivity contribution is 7.22. The summed E-state index contributed by atoms with van der Waals surface area (Å²) in [6, 6.07) is 8.58. The highest BCUT2D eigenvalue weighted by Crippen LogP contribution is 2.35. The van der Waals surface area contributed by atoms with Gasteiger partial charge in [-0.15, -0.1) is 0 Å². The van der Waals surface area contributed by atoms with Crippen LogP contribution in [-0.4, -0.2) is 61.8 Å². The summed E-state index contributed by atoms with van der Waals surface area (Å²) in [7, 11) is 0. The number of rotatable bonds is 7. The zero-order valence-corrected chi connectivity index (χ0v) is 18.0. The van der Waals surface area contributed by atoms with E-state index in [0.29, 0.717) is 49.3 Å². The van der Waals surface area contributed by atoms with E-state index in [1.807, 2.05) is 25.1 Å². The molecule has 1 aromatic heterocycles. The van der Waals surface area contributed by atoms with Crippen molar-refractivity contribution in [2.24, 2.45) is 0 Å². The molecule has 31 heavy (non-hydrogen) atoms. The van der Waals surface area contributed by atoms with Crippen molar-refractivity contribution in [2.45, 2.75) is 6.92 Å². The van der Waals surface area contributed by atoms with Gasteiger partial charge in [-0.1, -0.05) is 17.4 Å². The Hall–Kier alpha value is -2.62. The van der Waals surface area contributed by atoms with Crippen LogP contribution in [0.1, 0.15) is 17.3 Å². The molecule has 9 heteroatoms. The van der Waals surface area contributed by atoms with Gasteiger partial charge in [-0.05, 0) is 31.2 Å². The minimum atomic E-state index is -0.891. The molecule has 3 aromatic rings. The Balaban J connectivity index is 1.68. The molecule has 2 aromatic carbocycles. The van der Waals surface area contributed by atoms with Gasteiger partial charge in [0.25, 0.3) is 5.91 Å². The third-order valence-corrected chi connectivity index (χ3v) is 6.10. The van der Waals surface area contributed by atoms with Gasteiger partial charge in [-0.25, -0.2) is 13.8 Å². The molecule has 0 aliphatic carbocycles. The first-order valence-electron chi connectivity index (χ1n) is 10.2. The number of fused-ring (bicyclic) bond motifs is 1. The molecule has 0 bridgehead atoms. The number of amides is 1. The molecule has 0 radical (unpaired) electrons. The molecule has 6 nitrogen and oxygen atoms in total. The average Bonchev–Trinajstić information content (AvgIpc) is 3.20. The number of hydrogen-bond donors (Lipinski definition) is 0. The summed E-state index contributed by atoms with van der Waals surface area (Å²) in [4.78, 5) is 21.6. The second-order valence-corrected chi connectivity index (χ2v) is 8.08. The predicted octanol–water partition coefficient (Wildman–Crippen LogP) is 3.95. The first-order valence-corrected chi connectivity index (χ1v) is 11.0. The van der Waals surface area contributed by atoms with E-state index < -0.39 is 17.5 Å². The summed E-state index contributed by atoms with van der Waals surface area (Å²) in [5.74, 6) is -1.54. The fraction of sp³-hybridized carbons (Fsp3) is 0.364. The van der Waals surface area contributed by atoms with Crippen molar-refractivity contribution in [3.63, 3.8) is 0 Å². The zero-order chi connectivity index (χ0) is 21.8. The summed E-state index contributed by atoms with van der Waals surface area (Å²) < 4.78 is 39.7. The van der Waals surface area contributed by atoms with E-state index >= 15 is 0 Å². The minimum absolute atomic E-state index is 0.187. The summed E-state index contributed by atoms with van der Waals surface area (Å²) in [6.07, 6.45) is 0. The van der Waals surface area contributed by atoms with Crippen LogP contribution in [0.5, 0.6) is 5.75 Å². The fourth-order valence-electron chi connectivity index (χ4n) is 3.46. The first-order chi connectivity index (χ1) is 15.1. The lowest BCUT2D eigenvalue weighted by Gasteiger charge is -2.29. The van der Waals surface area contributed by atoms with Gasteiger partial charge >= 0.3 is 0 Å². The lowest BCUT2D eigenvalue weighted by molar-refractivity contribution is 0.0391. The number of aromatic nitrogens is 1. The Morgan fingerprint density at radius 3 is 2.81 bits per heavy atom. The van der Waals surface area contributed by atoms with Gasteiger partial charge in [0, 0.05) is 32.2 Å². The van der Waals surface area contributed by atoms with E-state index in [4.69, 9.17) is 9.47 Å². The van der Waals surface area contributed by atoms with Gasteiger partial charge in [-0.3, -0.25) is 14.6 Å². The summed E-state index contributed by atoms with van der Waals surface area (Å²) in [6.45, 7) is 6.10. The molecule has 0 N–H and O–H groups in total. The lowest BCUT2D eigenvalue weighted by atomic mass is 10.2. The second-order valence-electron chi connectivity index (χ2n) is 7.07. The molecule has 4 rings (SSSR count). The van der Waals surface area contributed by atoms with E-state index in [9.17, 15) is 13.6 Å². The normalized spacial score (nSPS) is 14.7. The Morgan fingerprint density at radius 1 is 1.26 bits per heavy atom. The van der Waals surface area contributed by atoms with E-state index in [2.05, 4.69) is 9.88 Å². The Kier molecular flexibility index (Phi) is 6.74. The number of nitrogens with zero attached hydrogens (tertiary/aromatic N) is 3. The number of halogens is 2. The molecule has 2 heterocycles. The molecule has 1 aliphatic rings. The quantitative estimate of drug-likeness (QED) is 0.549. The number of carbonyl (C=O) groups excluding carboxylic acids is 1. The van der Waals surface area contributed by atoms with Crippen LogP contribution < -0.4 is 9.64 Å². The van der Waals surface area contributed by atoms with Crippen LogP contribution in [0.25, 0.3) is 10.2 Å². The van der Waals surface area contributed by atoms with Crippen molar-refractivity contribution < 1.29 is 23.0 Å². The SMILES string of the molecule is CCOc1cccc2sc(N(CCN3CCOCC3)C(=O)c3ccc(F)cc3F)nc12. The summed E-state index contributed by atoms with van der Waals surface area (Å²) >= 11 is 1.34. The van der Waals surface area contributed by atoms with Crippen molar-refractivity contribution in [1.82, 2.24) is 9.88 Å². The molecule has 1 saturated heterocycles. The van der Waals surface area contributed by atoms with Crippen LogP contribution in [0.2, 0.25) is 0 Å². The van der Waals surface area contributed by atoms with Gasteiger partial charge < -0.3 is 9.47 Å². The Morgan fingerprint density at radius 2 is 2.06 bits per heavy atom. The number of anilines is 1. The van der Waals surface area contributed by atoms with Crippen molar-refractivity contribution >= 4 is 32.6 Å². The van der Waals surface area contributed by atoms with Crippen LogP contribution in [0.4, 0.5) is 13.9 Å². The number of benzene rings is 2. The number of ether oxygens (including phenoxy) is 2. The first kappa shape index (κ1) is 21.6. The largest absolute Gasteiger partial charge is 0.492 e. The van der Waals surface area contributed by atoms with Crippen LogP contribution >= 0.6 is 11.3 Å². The van der Waals surface area contributed by atoms with Crippen molar-refractivity contribution in [1.29, 1.82) is 0 Å². The molecular weight excluding hydrogens is 424 g/mol. The van der Waals surface area contributed by atoms with Gasteiger partial charge in [0.2, 0.25) is 0 Å². The van der Waals surface area contributed by atoms with Gasteiger partial charge in [0.15, 0.2) is 5.13 Å². The molecule has 0 spiro atoms. The topological polar surface area (TPSA) is 54.9 Å².